The van der Waals surface area contributed by atoms with E-state index in [1.165, 1.54) is 0 Å². The zero-order valence-electron chi connectivity index (χ0n) is 10.9. The zero-order chi connectivity index (χ0) is 13.6. The molecule has 3 N–H and O–H groups in total. The van der Waals surface area contributed by atoms with Crippen molar-refractivity contribution in [2.75, 3.05) is 6.61 Å². The maximum absolute atomic E-state index is 11.9. The number of ether oxygens (including phenoxy) is 1. The number of carbonyl (C=O) groups excluding carboxylic acids is 1. The number of carbonyl (C=O) groups is 1. The number of esters is 1. The molecule has 3 rings (SSSR count). The summed E-state index contributed by atoms with van der Waals surface area (Å²) in [5.41, 5.74) is 0.0340. The van der Waals surface area contributed by atoms with E-state index in [0.29, 0.717) is 12.3 Å². The van der Waals surface area contributed by atoms with Gasteiger partial charge in [0.05, 0.1) is 18.2 Å². The minimum atomic E-state index is -0.400. The Labute approximate surface area is 110 Å². The van der Waals surface area contributed by atoms with Gasteiger partial charge in [-0.15, -0.1) is 0 Å². The van der Waals surface area contributed by atoms with Crippen LogP contribution in [0.5, 0.6) is 5.88 Å². The zero-order valence-corrected chi connectivity index (χ0v) is 10.9. The maximum atomic E-state index is 11.9. The molecule has 104 valence electrons. The molecule has 1 aromatic heterocycles. The second-order valence-corrected chi connectivity index (χ2v) is 5.53. The summed E-state index contributed by atoms with van der Waals surface area (Å²) >= 11 is 0. The maximum Gasteiger partial charge on any atom is 0.325 e. The van der Waals surface area contributed by atoms with Gasteiger partial charge in [-0.3, -0.25) is 9.78 Å². The molecule has 19 heavy (non-hydrogen) atoms. The Balaban J connectivity index is 1.86. The summed E-state index contributed by atoms with van der Waals surface area (Å²) in [6, 6.07) is 0. The van der Waals surface area contributed by atoms with Crippen LogP contribution in [0.4, 0.5) is 0 Å². The lowest BCUT2D eigenvalue weighted by molar-refractivity contribution is -0.145. The van der Waals surface area contributed by atoms with E-state index in [1.54, 1.807) is 6.92 Å². The molecular formula is C13H18N2O4. The molecule has 0 bridgehead atoms. The summed E-state index contributed by atoms with van der Waals surface area (Å²) in [5.74, 6) is -0.281. The molecule has 2 aliphatic carbocycles. The minimum absolute atomic E-state index is 0.0425. The van der Waals surface area contributed by atoms with Crippen molar-refractivity contribution in [2.45, 2.75) is 38.5 Å². The van der Waals surface area contributed by atoms with Crippen molar-refractivity contribution in [1.29, 1.82) is 0 Å². The van der Waals surface area contributed by atoms with Crippen LogP contribution in [-0.4, -0.2) is 27.7 Å². The minimum Gasteiger partial charge on any atom is -0.493 e. The SMILES string of the molecule is CCOC(=O)C1CC12CCCC2c1[nH]c(=O)[nH]c1O. The first-order valence-electron chi connectivity index (χ1n) is 6.76. The molecule has 2 fully saturated rings. The van der Waals surface area contributed by atoms with E-state index in [2.05, 4.69) is 9.97 Å². The van der Waals surface area contributed by atoms with Gasteiger partial charge in [0.15, 0.2) is 0 Å². The second-order valence-electron chi connectivity index (χ2n) is 5.53. The van der Waals surface area contributed by atoms with E-state index in [4.69, 9.17) is 4.74 Å². The molecule has 0 amide bonds. The molecule has 0 aromatic carbocycles. The lowest BCUT2D eigenvalue weighted by Gasteiger charge is -2.18. The molecular weight excluding hydrogens is 248 g/mol. The molecule has 1 heterocycles. The molecule has 2 saturated carbocycles. The standard InChI is InChI=1S/C13H18N2O4/c1-2-19-11(17)8-6-13(8)5-3-4-7(13)9-10(16)15-12(18)14-9/h7-8,16H,2-6H2,1H3,(H2,14,15,18). The van der Waals surface area contributed by atoms with E-state index >= 15 is 0 Å². The number of aromatic amines is 2. The highest BCUT2D eigenvalue weighted by Gasteiger charge is 2.65. The highest BCUT2D eigenvalue weighted by molar-refractivity contribution is 5.77. The Morgan fingerprint density at radius 1 is 1.53 bits per heavy atom. The molecule has 0 saturated heterocycles. The fraction of sp³-hybridized carbons (Fsp3) is 0.692. The van der Waals surface area contributed by atoms with Crippen molar-refractivity contribution in [1.82, 2.24) is 9.97 Å². The van der Waals surface area contributed by atoms with Crippen LogP contribution in [0.2, 0.25) is 0 Å². The summed E-state index contributed by atoms with van der Waals surface area (Å²) in [6.45, 7) is 2.19. The third kappa shape index (κ3) is 1.77. The predicted molar refractivity (Wildman–Crippen MR) is 66.8 cm³/mol. The molecule has 0 aliphatic heterocycles. The van der Waals surface area contributed by atoms with E-state index in [1.807, 2.05) is 0 Å². The third-order valence-corrected chi connectivity index (χ3v) is 4.60. The van der Waals surface area contributed by atoms with Crippen LogP contribution in [0.15, 0.2) is 4.79 Å². The third-order valence-electron chi connectivity index (χ3n) is 4.60. The summed E-state index contributed by atoms with van der Waals surface area (Å²) in [4.78, 5) is 28.1. The van der Waals surface area contributed by atoms with E-state index in [0.717, 1.165) is 25.7 Å². The normalized spacial score (nSPS) is 32.7. The van der Waals surface area contributed by atoms with Crippen LogP contribution in [-0.2, 0) is 9.53 Å². The van der Waals surface area contributed by atoms with Gasteiger partial charge in [-0.2, -0.15) is 0 Å². The first-order chi connectivity index (χ1) is 9.08. The Kier molecular flexibility index (Phi) is 2.69. The van der Waals surface area contributed by atoms with Crippen molar-refractivity contribution < 1.29 is 14.6 Å². The summed E-state index contributed by atoms with van der Waals surface area (Å²) in [7, 11) is 0. The Morgan fingerprint density at radius 3 is 2.95 bits per heavy atom. The number of aromatic hydroxyl groups is 1. The Morgan fingerprint density at radius 2 is 2.32 bits per heavy atom. The van der Waals surface area contributed by atoms with Crippen LogP contribution in [0.1, 0.15) is 44.2 Å². The number of aromatic nitrogens is 2. The van der Waals surface area contributed by atoms with Gasteiger partial charge in [-0.1, -0.05) is 6.42 Å². The van der Waals surface area contributed by atoms with E-state index in [9.17, 15) is 14.7 Å². The molecule has 1 aromatic rings. The molecule has 2 aliphatic rings. The van der Waals surface area contributed by atoms with Crippen LogP contribution in [0.3, 0.4) is 0 Å². The first-order valence-corrected chi connectivity index (χ1v) is 6.76. The van der Waals surface area contributed by atoms with Gasteiger partial charge in [0.1, 0.15) is 0 Å². The number of hydrogen-bond acceptors (Lipinski definition) is 4. The average Bonchev–Trinajstić information content (AvgIpc) is 2.76. The van der Waals surface area contributed by atoms with E-state index in [-0.39, 0.29) is 29.1 Å². The van der Waals surface area contributed by atoms with Crippen LogP contribution in [0, 0.1) is 11.3 Å². The van der Waals surface area contributed by atoms with Gasteiger partial charge in [0.25, 0.3) is 0 Å². The van der Waals surface area contributed by atoms with Crippen molar-refractivity contribution in [2.24, 2.45) is 11.3 Å². The summed E-state index contributed by atoms with van der Waals surface area (Å²) in [5, 5.41) is 9.78. The fourth-order valence-corrected chi connectivity index (χ4v) is 3.71. The van der Waals surface area contributed by atoms with Crippen LogP contribution >= 0.6 is 0 Å². The Hall–Kier alpha value is -1.72. The smallest absolute Gasteiger partial charge is 0.325 e. The average molecular weight is 266 g/mol. The molecule has 0 radical (unpaired) electrons. The van der Waals surface area contributed by atoms with Crippen molar-refractivity contribution in [3.8, 4) is 5.88 Å². The van der Waals surface area contributed by atoms with Crippen LogP contribution < -0.4 is 5.69 Å². The number of H-pyrrole nitrogens is 2. The summed E-state index contributed by atoms with van der Waals surface area (Å²) in [6.07, 6.45) is 3.64. The molecule has 3 unspecified atom stereocenters. The van der Waals surface area contributed by atoms with Gasteiger partial charge in [0, 0.05) is 5.92 Å². The van der Waals surface area contributed by atoms with Gasteiger partial charge >= 0.3 is 11.7 Å². The van der Waals surface area contributed by atoms with Crippen molar-refractivity contribution >= 4 is 5.97 Å². The first kappa shape index (κ1) is 12.3. The molecule has 3 atom stereocenters. The number of imidazole rings is 1. The lowest BCUT2D eigenvalue weighted by atomic mass is 9.87. The quantitative estimate of drug-likeness (QED) is 0.717. The van der Waals surface area contributed by atoms with E-state index < -0.39 is 5.69 Å². The highest BCUT2D eigenvalue weighted by atomic mass is 16.5. The fourth-order valence-electron chi connectivity index (χ4n) is 3.71. The van der Waals surface area contributed by atoms with Gasteiger partial charge in [-0.25, -0.2) is 4.79 Å². The van der Waals surface area contributed by atoms with Crippen molar-refractivity contribution in [3.05, 3.63) is 16.2 Å². The lowest BCUT2D eigenvalue weighted by Crippen LogP contribution is -2.17. The predicted octanol–water partition coefficient (Wildman–Crippen LogP) is 1.25. The largest absolute Gasteiger partial charge is 0.493 e. The second kappa shape index (κ2) is 4.15. The molecule has 6 nitrogen and oxygen atoms in total. The number of hydrogen-bond donors (Lipinski definition) is 3. The summed E-state index contributed by atoms with van der Waals surface area (Å²) < 4.78 is 5.09. The van der Waals surface area contributed by atoms with Crippen LogP contribution in [0.25, 0.3) is 0 Å². The molecule has 6 heteroatoms. The van der Waals surface area contributed by atoms with Gasteiger partial charge in [-0.05, 0) is 31.6 Å². The number of rotatable bonds is 3. The Bertz CT molecular complexity index is 561. The molecule has 1 spiro atoms. The van der Waals surface area contributed by atoms with Crippen molar-refractivity contribution in [3.63, 3.8) is 0 Å². The number of nitrogens with one attached hydrogen (secondary N) is 2. The van der Waals surface area contributed by atoms with Gasteiger partial charge < -0.3 is 14.8 Å². The topological polar surface area (TPSA) is 95.2 Å². The monoisotopic (exact) mass is 266 g/mol. The van der Waals surface area contributed by atoms with Gasteiger partial charge in [0.2, 0.25) is 5.88 Å². The highest BCUT2D eigenvalue weighted by Crippen LogP contribution is 2.69.